The number of ether oxygens (including phenoxy) is 1. The van der Waals surface area contributed by atoms with Gasteiger partial charge in [-0.25, -0.2) is 4.79 Å². The molecule has 0 saturated heterocycles. The smallest absolute Gasteiger partial charge is 0.336 e. The molecule has 0 aliphatic rings. The van der Waals surface area contributed by atoms with Crippen LogP contribution in [-0.2, 0) is 4.79 Å². The summed E-state index contributed by atoms with van der Waals surface area (Å²) in [4.78, 5) is 22.3. The predicted octanol–water partition coefficient (Wildman–Crippen LogP) is 5.36. The maximum Gasteiger partial charge on any atom is 0.336 e. The molecule has 0 atom stereocenters. The minimum atomic E-state index is -0.592. The van der Waals surface area contributed by atoms with Gasteiger partial charge in [-0.2, -0.15) is 0 Å². The highest BCUT2D eigenvalue weighted by molar-refractivity contribution is 9.10. The van der Waals surface area contributed by atoms with Crippen molar-refractivity contribution in [3.63, 3.8) is 0 Å². The second kappa shape index (κ2) is 8.60. The monoisotopic (exact) mass is 421 g/mol. The average molecular weight is 423 g/mol. The normalized spacial score (nSPS) is 11.6. The van der Waals surface area contributed by atoms with Crippen LogP contribution in [0.15, 0.2) is 58.7 Å². The number of benzene rings is 2. The Labute approximate surface area is 157 Å². The fourth-order valence-corrected chi connectivity index (χ4v) is 2.39. The molecule has 0 spiro atoms. The SMILES string of the molecule is C/C(=C\c1cc(Br)ccc1OC(=O)/C=C/c1ccc(Cl)cc1)[N+](=O)[O-]. The number of halogens is 2. The molecule has 2 rings (SSSR count). The van der Waals surface area contributed by atoms with Crippen LogP contribution in [0.4, 0.5) is 0 Å². The molecule has 5 nitrogen and oxygen atoms in total. The summed E-state index contributed by atoms with van der Waals surface area (Å²) in [5, 5.41) is 11.4. The molecular weight excluding hydrogens is 410 g/mol. The third-order valence-electron chi connectivity index (χ3n) is 3.12. The van der Waals surface area contributed by atoms with Gasteiger partial charge < -0.3 is 4.74 Å². The van der Waals surface area contributed by atoms with Crippen LogP contribution in [0.3, 0.4) is 0 Å². The Balaban J connectivity index is 2.19. The van der Waals surface area contributed by atoms with Gasteiger partial charge in [0.15, 0.2) is 0 Å². The summed E-state index contributed by atoms with van der Waals surface area (Å²) in [5.41, 5.74) is 1.16. The van der Waals surface area contributed by atoms with Crippen LogP contribution in [0, 0.1) is 10.1 Å². The highest BCUT2D eigenvalue weighted by Gasteiger charge is 2.10. The minimum absolute atomic E-state index is 0.0629. The van der Waals surface area contributed by atoms with Crippen molar-refractivity contribution >= 4 is 45.7 Å². The maximum atomic E-state index is 12.0. The van der Waals surface area contributed by atoms with E-state index in [4.69, 9.17) is 16.3 Å². The maximum absolute atomic E-state index is 12.0. The van der Waals surface area contributed by atoms with Crippen molar-refractivity contribution in [2.24, 2.45) is 0 Å². The Morgan fingerprint density at radius 2 is 1.92 bits per heavy atom. The van der Waals surface area contributed by atoms with Gasteiger partial charge in [-0.05, 0) is 42.0 Å². The number of carbonyl (C=O) groups excluding carboxylic acids is 1. The van der Waals surface area contributed by atoms with Crippen LogP contribution in [-0.4, -0.2) is 10.9 Å². The number of rotatable bonds is 5. The van der Waals surface area contributed by atoms with Crippen LogP contribution in [0.25, 0.3) is 12.2 Å². The quantitative estimate of drug-likeness (QED) is 0.214. The van der Waals surface area contributed by atoms with Gasteiger partial charge in [0.05, 0.1) is 4.92 Å². The van der Waals surface area contributed by atoms with E-state index in [1.807, 2.05) is 0 Å². The zero-order valence-electron chi connectivity index (χ0n) is 13.1. The zero-order valence-corrected chi connectivity index (χ0v) is 15.5. The summed E-state index contributed by atoms with van der Waals surface area (Å²) >= 11 is 9.09. The van der Waals surface area contributed by atoms with Gasteiger partial charge in [0.2, 0.25) is 5.70 Å². The molecule has 0 unspecified atom stereocenters. The van der Waals surface area contributed by atoms with E-state index in [-0.39, 0.29) is 11.4 Å². The summed E-state index contributed by atoms with van der Waals surface area (Å²) in [5.74, 6) is -0.360. The van der Waals surface area contributed by atoms with Crippen molar-refractivity contribution in [2.75, 3.05) is 0 Å². The fraction of sp³-hybridized carbons (Fsp3) is 0.0556. The number of carbonyl (C=O) groups is 1. The van der Waals surface area contributed by atoms with Gasteiger partial charge in [-0.3, -0.25) is 10.1 Å². The molecule has 0 aromatic heterocycles. The van der Waals surface area contributed by atoms with Crippen molar-refractivity contribution in [2.45, 2.75) is 6.92 Å². The van der Waals surface area contributed by atoms with Crippen LogP contribution >= 0.6 is 27.5 Å². The Kier molecular flexibility index (Phi) is 6.50. The molecule has 0 bridgehead atoms. The molecule has 128 valence electrons. The standard InChI is InChI=1S/C18H13BrClNO4/c1-12(21(23)24)10-14-11-15(19)5-8-17(14)25-18(22)9-4-13-2-6-16(20)7-3-13/h2-11H,1H3/b9-4+,12-10+. The van der Waals surface area contributed by atoms with E-state index < -0.39 is 10.9 Å². The fourth-order valence-electron chi connectivity index (χ4n) is 1.88. The second-order valence-electron chi connectivity index (χ2n) is 5.03. The van der Waals surface area contributed by atoms with Crippen LogP contribution in [0.2, 0.25) is 5.02 Å². The molecule has 0 amide bonds. The van der Waals surface area contributed by atoms with E-state index in [2.05, 4.69) is 15.9 Å². The topological polar surface area (TPSA) is 69.4 Å². The molecule has 0 aliphatic heterocycles. The predicted molar refractivity (Wildman–Crippen MR) is 101 cm³/mol. The molecule has 0 aliphatic carbocycles. The van der Waals surface area contributed by atoms with Crippen molar-refractivity contribution in [3.05, 3.63) is 85.0 Å². The number of hydrogen-bond donors (Lipinski definition) is 0. The van der Waals surface area contributed by atoms with Gasteiger partial charge in [0, 0.05) is 34.1 Å². The third-order valence-corrected chi connectivity index (χ3v) is 3.86. The lowest BCUT2D eigenvalue weighted by molar-refractivity contribution is -0.422. The molecule has 0 heterocycles. The first-order valence-electron chi connectivity index (χ1n) is 7.13. The Morgan fingerprint density at radius 3 is 2.56 bits per heavy atom. The van der Waals surface area contributed by atoms with Gasteiger partial charge in [-0.15, -0.1) is 0 Å². The van der Waals surface area contributed by atoms with E-state index in [9.17, 15) is 14.9 Å². The zero-order chi connectivity index (χ0) is 18.4. The molecule has 0 radical (unpaired) electrons. The van der Waals surface area contributed by atoms with Gasteiger partial charge in [0.1, 0.15) is 5.75 Å². The third kappa shape index (κ3) is 5.85. The van der Waals surface area contributed by atoms with Gasteiger partial charge >= 0.3 is 5.97 Å². The average Bonchev–Trinajstić information content (AvgIpc) is 2.56. The van der Waals surface area contributed by atoms with Crippen LogP contribution < -0.4 is 4.74 Å². The highest BCUT2D eigenvalue weighted by Crippen LogP contribution is 2.26. The van der Waals surface area contributed by atoms with E-state index in [1.165, 1.54) is 19.1 Å². The van der Waals surface area contributed by atoms with E-state index in [0.29, 0.717) is 15.1 Å². The van der Waals surface area contributed by atoms with E-state index in [1.54, 1.807) is 48.5 Å². The summed E-state index contributed by atoms with van der Waals surface area (Å²) < 4.78 is 6.00. The van der Waals surface area contributed by atoms with Gasteiger partial charge in [0.25, 0.3) is 0 Å². The number of nitrogens with zero attached hydrogens (tertiary/aromatic N) is 1. The first kappa shape index (κ1) is 18.9. The molecule has 0 fully saturated rings. The first-order chi connectivity index (χ1) is 11.8. The number of esters is 1. The molecule has 25 heavy (non-hydrogen) atoms. The largest absolute Gasteiger partial charge is 0.423 e. The molecular formula is C18H13BrClNO4. The molecule has 0 N–H and O–H groups in total. The van der Waals surface area contributed by atoms with E-state index >= 15 is 0 Å². The Bertz CT molecular complexity index is 860. The molecule has 2 aromatic carbocycles. The second-order valence-corrected chi connectivity index (χ2v) is 6.38. The van der Waals surface area contributed by atoms with Crippen molar-refractivity contribution in [3.8, 4) is 5.75 Å². The summed E-state index contributed by atoms with van der Waals surface area (Å²) in [7, 11) is 0. The summed E-state index contributed by atoms with van der Waals surface area (Å²) in [6, 6.07) is 11.8. The van der Waals surface area contributed by atoms with Gasteiger partial charge in [-0.1, -0.05) is 39.7 Å². The number of allylic oxidation sites excluding steroid dienone is 1. The number of nitro groups is 1. The minimum Gasteiger partial charge on any atom is -0.423 e. The van der Waals surface area contributed by atoms with Crippen molar-refractivity contribution in [1.29, 1.82) is 0 Å². The lowest BCUT2D eigenvalue weighted by atomic mass is 10.1. The van der Waals surface area contributed by atoms with Crippen molar-refractivity contribution in [1.82, 2.24) is 0 Å². The first-order valence-corrected chi connectivity index (χ1v) is 8.30. The lowest BCUT2D eigenvalue weighted by Crippen LogP contribution is -2.05. The molecule has 2 aromatic rings. The molecule has 0 saturated carbocycles. The molecule has 7 heteroatoms. The number of hydrogen-bond acceptors (Lipinski definition) is 4. The van der Waals surface area contributed by atoms with Crippen LogP contribution in [0.5, 0.6) is 5.75 Å². The van der Waals surface area contributed by atoms with Crippen LogP contribution in [0.1, 0.15) is 18.1 Å². The Morgan fingerprint density at radius 1 is 1.24 bits per heavy atom. The summed E-state index contributed by atoms with van der Waals surface area (Å²) in [6.45, 7) is 1.37. The Hall–Kier alpha value is -2.44. The van der Waals surface area contributed by atoms with Crippen molar-refractivity contribution < 1.29 is 14.5 Å². The summed E-state index contributed by atoms with van der Waals surface area (Å²) in [6.07, 6.45) is 4.21. The lowest BCUT2D eigenvalue weighted by Gasteiger charge is -2.06. The highest BCUT2D eigenvalue weighted by atomic mass is 79.9. The van der Waals surface area contributed by atoms with E-state index in [0.717, 1.165) is 5.56 Å².